The summed E-state index contributed by atoms with van der Waals surface area (Å²) in [5.41, 5.74) is 0.810. The molecule has 1 aromatic rings. The molecule has 0 amide bonds. The Kier molecular flexibility index (Phi) is 3.88. The molecular formula is C9H10BrNO3. The quantitative estimate of drug-likeness (QED) is 0.475. The van der Waals surface area contributed by atoms with Gasteiger partial charge >= 0.3 is 5.69 Å². The van der Waals surface area contributed by atoms with Crippen molar-refractivity contribution in [3.05, 3.63) is 33.9 Å². The molecule has 1 aromatic carbocycles. The maximum absolute atomic E-state index is 10.7. The van der Waals surface area contributed by atoms with Crippen molar-refractivity contribution in [3.63, 3.8) is 0 Å². The van der Waals surface area contributed by atoms with E-state index in [9.17, 15) is 10.1 Å². The fourth-order valence-corrected chi connectivity index (χ4v) is 1.57. The zero-order chi connectivity index (χ0) is 10.6. The van der Waals surface area contributed by atoms with Gasteiger partial charge in [-0.15, -0.1) is 0 Å². The number of nitro benzene ring substituents is 1. The zero-order valence-corrected chi connectivity index (χ0v) is 9.28. The Bertz CT molecular complexity index is 341. The third kappa shape index (κ3) is 2.23. The Labute approximate surface area is 90.2 Å². The lowest BCUT2D eigenvalue weighted by molar-refractivity contribution is -0.385. The molecular weight excluding hydrogens is 250 g/mol. The van der Waals surface area contributed by atoms with E-state index in [1.807, 2.05) is 0 Å². The van der Waals surface area contributed by atoms with Gasteiger partial charge in [-0.1, -0.05) is 28.1 Å². The van der Waals surface area contributed by atoms with Gasteiger partial charge in [0.15, 0.2) is 0 Å². The summed E-state index contributed by atoms with van der Waals surface area (Å²) in [6.07, 6.45) is 0. The smallest absolute Gasteiger partial charge is 0.311 e. The number of para-hydroxylation sites is 1. The maximum Gasteiger partial charge on any atom is 0.311 e. The van der Waals surface area contributed by atoms with E-state index in [0.29, 0.717) is 17.7 Å². The highest BCUT2D eigenvalue weighted by atomic mass is 79.9. The van der Waals surface area contributed by atoms with Crippen molar-refractivity contribution in [2.24, 2.45) is 0 Å². The number of halogens is 1. The van der Waals surface area contributed by atoms with Crippen LogP contribution in [0, 0.1) is 10.1 Å². The average molecular weight is 260 g/mol. The minimum atomic E-state index is -0.433. The van der Waals surface area contributed by atoms with E-state index >= 15 is 0 Å². The molecule has 76 valence electrons. The number of ether oxygens (including phenoxy) is 1. The van der Waals surface area contributed by atoms with Gasteiger partial charge in [-0.25, -0.2) is 0 Å². The largest absolute Gasteiger partial charge is 0.487 e. The molecule has 0 spiro atoms. The van der Waals surface area contributed by atoms with Gasteiger partial charge in [0.25, 0.3) is 0 Å². The monoisotopic (exact) mass is 259 g/mol. The zero-order valence-electron chi connectivity index (χ0n) is 7.70. The van der Waals surface area contributed by atoms with Crippen LogP contribution in [0.5, 0.6) is 5.75 Å². The Morgan fingerprint density at radius 1 is 1.57 bits per heavy atom. The van der Waals surface area contributed by atoms with Gasteiger partial charge in [0, 0.05) is 17.0 Å². The first-order chi connectivity index (χ1) is 6.70. The van der Waals surface area contributed by atoms with E-state index < -0.39 is 4.92 Å². The summed E-state index contributed by atoms with van der Waals surface area (Å²) in [7, 11) is 0. The number of alkyl halides is 1. The summed E-state index contributed by atoms with van der Waals surface area (Å²) in [5, 5.41) is 11.2. The average Bonchev–Trinajstić information content (AvgIpc) is 2.18. The molecule has 14 heavy (non-hydrogen) atoms. The van der Waals surface area contributed by atoms with Gasteiger partial charge in [-0.2, -0.15) is 0 Å². The lowest BCUT2D eigenvalue weighted by Crippen LogP contribution is -2.00. The number of benzene rings is 1. The fourth-order valence-electron chi connectivity index (χ4n) is 1.13. The summed E-state index contributed by atoms with van der Waals surface area (Å²) in [5.74, 6) is 0.358. The summed E-state index contributed by atoms with van der Waals surface area (Å²) < 4.78 is 5.25. The number of hydrogen-bond acceptors (Lipinski definition) is 3. The Morgan fingerprint density at radius 3 is 2.79 bits per heavy atom. The van der Waals surface area contributed by atoms with Crippen molar-refractivity contribution in [1.82, 2.24) is 0 Å². The third-order valence-electron chi connectivity index (χ3n) is 1.71. The summed E-state index contributed by atoms with van der Waals surface area (Å²) in [4.78, 5) is 10.2. The second-order valence-corrected chi connectivity index (χ2v) is 3.15. The lowest BCUT2D eigenvalue weighted by atomic mass is 10.2. The first kappa shape index (κ1) is 11.0. The van der Waals surface area contributed by atoms with Crippen molar-refractivity contribution in [3.8, 4) is 5.75 Å². The van der Waals surface area contributed by atoms with Crippen molar-refractivity contribution >= 4 is 21.6 Å². The van der Waals surface area contributed by atoms with Crippen LogP contribution in [0.1, 0.15) is 12.5 Å². The normalized spacial score (nSPS) is 9.86. The highest BCUT2D eigenvalue weighted by Crippen LogP contribution is 2.32. The van der Waals surface area contributed by atoms with Gasteiger partial charge in [-0.05, 0) is 6.92 Å². The predicted octanol–water partition coefficient (Wildman–Crippen LogP) is 2.89. The van der Waals surface area contributed by atoms with Crippen LogP contribution in [-0.2, 0) is 5.33 Å². The van der Waals surface area contributed by atoms with Crippen LogP contribution >= 0.6 is 15.9 Å². The van der Waals surface area contributed by atoms with Crippen molar-refractivity contribution in [1.29, 1.82) is 0 Å². The van der Waals surface area contributed by atoms with Crippen LogP contribution in [0.3, 0.4) is 0 Å². The van der Waals surface area contributed by atoms with Gasteiger partial charge < -0.3 is 4.74 Å². The second kappa shape index (κ2) is 4.95. The van der Waals surface area contributed by atoms with Crippen LogP contribution in [0.2, 0.25) is 0 Å². The Morgan fingerprint density at radius 2 is 2.29 bits per heavy atom. The molecule has 0 fully saturated rings. The summed E-state index contributed by atoms with van der Waals surface area (Å²) >= 11 is 3.26. The Balaban J connectivity index is 3.20. The summed E-state index contributed by atoms with van der Waals surface area (Å²) in [6, 6.07) is 4.89. The van der Waals surface area contributed by atoms with Crippen molar-refractivity contribution in [2.75, 3.05) is 6.61 Å². The third-order valence-corrected chi connectivity index (χ3v) is 2.31. The minimum Gasteiger partial charge on any atom is -0.487 e. The molecule has 0 aliphatic carbocycles. The van der Waals surface area contributed by atoms with Crippen molar-refractivity contribution < 1.29 is 9.66 Å². The van der Waals surface area contributed by atoms with E-state index in [4.69, 9.17) is 4.74 Å². The van der Waals surface area contributed by atoms with Crippen LogP contribution in [0.25, 0.3) is 0 Å². The molecule has 0 saturated carbocycles. The van der Waals surface area contributed by atoms with Gasteiger partial charge in [0.1, 0.15) is 0 Å². The summed E-state index contributed by atoms with van der Waals surface area (Å²) in [6.45, 7) is 2.22. The minimum absolute atomic E-state index is 0.0174. The highest BCUT2D eigenvalue weighted by Gasteiger charge is 2.17. The number of nitro groups is 1. The fraction of sp³-hybridized carbons (Fsp3) is 0.333. The van der Waals surface area contributed by atoms with Crippen LogP contribution < -0.4 is 4.74 Å². The first-order valence-corrected chi connectivity index (χ1v) is 5.27. The van der Waals surface area contributed by atoms with E-state index in [1.54, 1.807) is 19.1 Å². The van der Waals surface area contributed by atoms with Gasteiger partial charge in [-0.3, -0.25) is 10.1 Å². The molecule has 0 aromatic heterocycles. The number of rotatable bonds is 4. The van der Waals surface area contributed by atoms with E-state index in [0.717, 1.165) is 5.56 Å². The number of nitrogens with zero attached hydrogens (tertiary/aromatic N) is 1. The molecule has 0 aliphatic rings. The van der Waals surface area contributed by atoms with Gasteiger partial charge in [0.05, 0.1) is 11.5 Å². The molecule has 0 bridgehead atoms. The topological polar surface area (TPSA) is 52.4 Å². The molecule has 5 heteroatoms. The maximum atomic E-state index is 10.7. The van der Waals surface area contributed by atoms with Gasteiger partial charge in [0.2, 0.25) is 5.75 Å². The predicted molar refractivity (Wildman–Crippen MR) is 56.9 cm³/mol. The van der Waals surface area contributed by atoms with Crippen LogP contribution in [0.15, 0.2) is 18.2 Å². The first-order valence-electron chi connectivity index (χ1n) is 4.15. The molecule has 0 unspecified atom stereocenters. The molecule has 0 N–H and O–H groups in total. The van der Waals surface area contributed by atoms with E-state index in [1.165, 1.54) is 6.07 Å². The second-order valence-electron chi connectivity index (χ2n) is 2.59. The Hall–Kier alpha value is -1.10. The molecule has 0 saturated heterocycles. The highest BCUT2D eigenvalue weighted by molar-refractivity contribution is 9.08. The van der Waals surface area contributed by atoms with Crippen LogP contribution in [-0.4, -0.2) is 11.5 Å². The van der Waals surface area contributed by atoms with E-state index in [-0.39, 0.29) is 5.69 Å². The molecule has 1 rings (SSSR count). The molecule has 0 atom stereocenters. The molecule has 0 aliphatic heterocycles. The molecule has 4 nitrogen and oxygen atoms in total. The van der Waals surface area contributed by atoms with Crippen molar-refractivity contribution in [2.45, 2.75) is 12.3 Å². The molecule has 0 heterocycles. The van der Waals surface area contributed by atoms with E-state index in [2.05, 4.69) is 15.9 Å². The lowest BCUT2D eigenvalue weighted by Gasteiger charge is -2.07. The SMILES string of the molecule is CCOc1c(CBr)cccc1[N+](=O)[O-]. The molecule has 0 radical (unpaired) electrons. The number of hydrogen-bond donors (Lipinski definition) is 0. The standard InChI is InChI=1S/C9H10BrNO3/c1-2-14-9-7(6-10)4-3-5-8(9)11(12)13/h3-5H,2,6H2,1H3. The van der Waals surface area contributed by atoms with Crippen LogP contribution in [0.4, 0.5) is 5.69 Å².